The number of rotatable bonds is 3. The Morgan fingerprint density at radius 1 is 0.810 bits per heavy atom. The minimum absolute atomic E-state index is 0.0334. The molecule has 0 bridgehead atoms. The Morgan fingerprint density at radius 2 is 1.48 bits per heavy atom. The number of benzene rings is 3. The second-order valence-corrected chi connectivity index (χ2v) is 7.24. The molecule has 0 saturated carbocycles. The molecular formula is C18H16O2S. The first-order chi connectivity index (χ1) is 10.0. The van der Waals surface area contributed by atoms with E-state index < -0.39 is 9.84 Å². The zero-order valence-electron chi connectivity index (χ0n) is 11.8. The highest BCUT2D eigenvalue weighted by Crippen LogP contribution is 2.22. The molecule has 0 aliphatic carbocycles. The molecule has 0 aliphatic heterocycles. The molecule has 3 rings (SSSR count). The summed E-state index contributed by atoms with van der Waals surface area (Å²) in [6.07, 6.45) is 0. The van der Waals surface area contributed by atoms with Crippen LogP contribution < -0.4 is 0 Å². The average molecular weight is 296 g/mol. The third-order valence-corrected chi connectivity index (χ3v) is 5.24. The number of fused-ring (bicyclic) bond motifs is 1. The van der Waals surface area contributed by atoms with Crippen molar-refractivity contribution in [3.8, 4) is 0 Å². The van der Waals surface area contributed by atoms with Crippen molar-refractivity contribution in [2.45, 2.75) is 17.6 Å². The van der Waals surface area contributed by atoms with E-state index in [0.29, 0.717) is 4.90 Å². The summed E-state index contributed by atoms with van der Waals surface area (Å²) >= 11 is 0. The van der Waals surface area contributed by atoms with Gasteiger partial charge in [0.15, 0.2) is 9.84 Å². The summed E-state index contributed by atoms with van der Waals surface area (Å²) in [6, 6.07) is 20.7. The highest BCUT2D eigenvalue weighted by atomic mass is 32.2. The van der Waals surface area contributed by atoms with Crippen LogP contribution in [0.25, 0.3) is 10.8 Å². The summed E-state index contributed by atoms with van der Waals surface area (Å²) in [7, 11) is -3.32. The van der Waals surface area contributed by atoms with Crippen molar-refractivity contribution in [2.24, 2.45) is 0 Å². The number of aryl methyl sites for hydroxylation is 1. The third kappa shape index (κ3) is 2.98. The highest BCUT2D eigenvalue weighted by Gasteiger charge is 2.15. The second kappa shape index (κ2) is 5.34. The predicted molar refractivity (Wildman–Crippen MR) is 86.0 cm³/mol. The smallest absolute Gasteiger partial charge is 0.182 e. The topological polar surface area (TPSA) is 34.1 Å². The van der Waals surface area contributed by atoms with Gasteiger partial charge in [0.1, 0.15) is 0 Å². The number of hydrogen-bond acceptors (Lipinski definition) is 2. The molecule has 3 aromatic carbocycles. The SMILES string of the molecule is Cc1ccc(CS(=O)(=O)c2ccc3ccccc3c2)cc1. The van der Waals surface area contributed by atoms with Crippen LogP contribution in [0.3, 0.4) is 0 Å². The van der Waals surface area contributed by atoms with Gasteiger partial charge in [-0.1, -0.05) is 60.2 Å². The van der Waals surface area contributed by atoms with Crippen LogP contribution in [-0.4, -0.2) is 8.42 Å². The van der Waals surface area contributed by atoms with Gasteiger partial charge in [-0.05, 0) is 35.4 Å². The van der Waals surface area contributed by atoms with Crippen molar-refractivity contribution >= 4 is 20.6 Å². The average Bonchev–Trinajstić information content (AvgIpc) is 2.49. The third-order valence-electron chi connectivity index (χ3n) is 3.56. The molecule has 0 saturated heterocycles. The molecule has 0 fully saturated rings. The van der Waals surface area contributed by atoms with Crippen molar-refractivity contribution in [1.82, 2.24) is 0 Å². The molecule has 0 spiro atoms. The van der Waals surface area contributed by atoms with E-state index in [1.165, 1.54) is 0 Å². The van der Waals surface area contributed by atoms with Crippen LogP contribution in [0, 0.1) is 6.92 Å². The van der Waals surface area contributed by atoms with Gasteiger partial charge in [-0.25, -0.2) is 8.42 Å². The van der Waals surface area contributed by atoms with E-state index in [0.717, 1.165) is 21.9 Å². The summed E-state index contributed by atoms with van der Waals surface area (Å²) in [5.41, 5.74) is 1.94. The summed E-state index contributed by atoms with van der Waals surface area (Å²) in [4.78, 5) is 0.377. The Kier molecular flexibility index (Phi) is 3.52. The second-order valence-electron chi connectivity index (χ2n) is 5.25. The molecule has 0 aliphatic rings. The van der Waals surface area contributed by atoms with Crippen molar-refractivity contribution < 1.29 is 8.42 Å². The molecule has 0 amide bonds. The lowest BCUT2D eigenvalue weighted by atomic mass is 10.1. The summed E-state index contributed by atoms with van der Waals surface area (Å²) in [5, 5.41) is 1.99. The summed E-state index contributed by atoms with van der Waals surface area (Å²) in [5.74, 6) is 0.0334. The van der Waals surface area contributed by atoms with Crippen molar-refractivity contribution in [3.05, 3.63) is 77.9 Å². The molecule has 0 heterocycles. The first-order valence-corrected chi connectivity index (χ1v) is 8.47. The quantitative estimate of drug-likeness (QED) is 0.728. The Balaban J connectivity index is 1.97. The van der Waals surface area contributed by atoms with Gasteiger partial charge < -0.3 is 0 Å². The molecule has 3 heteroatoms. The molecule has 21 heavy (non-hydrogen) atoms. The lowest BCUT2D eigenvalue weighted by Gasteiger charge is -2.06. The lowest BCUT2D eigenvalue weighted by Crippen LogP contribution is -2.04. The fourth-order valence-electron chi connectivity index (χ4n) is 2.35. The van der Waals surface area contributed by atoms with Crippen LogP contribution in [0.4, 0.5) is 0 Å². The van der Waals surface area contributed by atoms with Crippen LogP contribution in [0.15, 0.2) is 71.6 Å². The Morgan fingerprint density at radius 3 is 2.19 bits per heavy atom. The van der Waals surface area contributed by atoms with Crippen molar-refractivity contribution in [3.63, 3.8) is 0 Å². The van der Waals surface area contributed by atoms with E-state index in [1.807, 2.05) is 61.5 Å². The summed E-state index contributed by atoms with van der Waals surface area (Å²) in [6.45, 7) is 1.99. The molecule has 0 atom stereocenters. The molecule has 0 N–H and O–H groups in total. The van der Waals surface area contributed by atoms with Gasteiger partial charge in [-0.15, -0.1) is 0 Å². The van der Waals surface area contributed by atoms with Gasteiger partial charge in [0.25, 0.3) is 0 Å². The number of hydrogen-bond donors (Lipinski definition) is 0. The van der Waals surface area contributed by atoms with Gasteiger partial charge in [0, 0.05) is 0 Å². The van der Waals surface area contributed by atoms with E-state index in [4.69, 9.17) is 0 Å². The van der Waals surface area contributed by atoms with E-state index in [1.54, 1.807) is 12.1 Å². The molecule has 106 valence electrons. The monoisotopic (exact) mass is 296 g/mol. The van der Waals surface area contributed by atoms with Crippen LogP contribution in [0.1, 0.15) is 11.1 Å². The highest BCUT2D eigenvalue weighted by molar-refractivity contribution is 7.90. The summed E-state index contributed by atoms with van der Waals surface area (Å²) < 4.78 is 25.1. The zero-order chi connectivity index (χ0) is 14.9. The van der Waals surface area contributed by atoms with Gasteiger partial charge in [-0.2, -0.15) is 0 Å². The largest absolute Gasteiger partial charge is 0.223 e. The fourth-order valence-corrected chi connectivity index (χ4v) is 3.73. The molecule has 2 nitrogen and oxygen atoms in total. The standard InChI is InChI=1S/C18H16O2S/c1-14-6-8-15(9-7-14)13-21(19,20)18-11-10-16-4-2-3-5-17(16)12-18/h2-12H,13H2,1H3. The van der Waals surface area contributed by atoms with Crippen molar-refractivity contribution in [1.29, 1.82) is 0 Å². The van der Waals surface area contributed by atoms with Gasteiger partial charge in [-0.3, -0.25) is 0 Å². The molecule has 3 aromatic rings. The van der Waals surface area contributed by atoms with Crippen LogP contribution in [-0.2, 0) is 15.6 Å². The molecule has 0 radical (unpaired) electrons. The van der Waals surface area contributed by atoms with Crippen molar-refractivity contribution in [2.75, 3.05) is 0 Å². The van der Waals surface area contributed by atoms with Crippen LogP contribution in [0.5, 0.6) is 0 Å². The van der Waals surface area contributed by atoms with E-state index in [2.05, 4.69) is 0 Å². The minimum atomic E-state index is -3.32. The Hall–Kier alpha value is -2.13. The van der Waals surface area contributed by atoms with E-state index in [9.17, 15) is 8.42 Å². The Labute approximate surface area is 125 Å². The van der Waals surface area contributed by atoms with Gasteiger partial charge in [0.2, 0.25) is 0 Å². The normalized spacial score (nSPS) is 11.7. The first-order valence-electron chi connectivity index (χ1n) is 6.82. The van der Waals surface area contributed by atoms with Gasteiger partial charge in [0.05, 0.1) is 10.6 Å². The fraction of sp³-hybridized carbons (Fsp3) is 0.111. The van der Waals surface area contributed by atoms with Crippen LogP contribution in [0.2, 0.25) is 0 Å². The van der Waals surface area contributed by atoms with Gasteiger partial charge >= 0.3 is 0 Å². The Bertz CT molecular complexity index is 878. The molecule has 0 unspecified atom stereocenters. The molecular weight excluding hydrogens is 280 g/mol. The number of sulfone groups is 1. The maximum absolute atomic E-state index is 12.5. The minimum Gasteiger partial charge on any atom is -0.223 e. The van der Waals surface area contributed by atoms with Crippen LogP contribution >= 0.6 is 0 Å². The maximum Gasteiger partial charge on any atom is 0.182 e. The predicted octanol–water partition coefficient (Wildman–Crippen LogP) is 4.12. The first kappa shape index (κ1) is 13.8. The maximum atomic E-state index is 12.5. The van der Waals surface area contributed by atoms with E-state index in [-0.39, 0.29) is 5.75 Å². The molecule has 0 aromatic heterocycles. The lowest BCUT2D eigenvalue weighted by molar-refractivity contribution is 0.595. The van der Waals surface area contributed by atoms with E-state index >= 15 is 0 Å². The zero-order valence-corrected chi connectivity index (χ0v) is 12.6.